The fourth-order valence-electron chi connectivity index (χ4n) is 4.50. The number of terminal acetylenes is 1. The van der Waals surface area contributed by atoms with Gasteiger partial charge >= 0.3 is 6.09 Å². The summed E-state index contributed by atoms with van der Waals surface area (Å²) in [6, 6.07) is 12.7. The largest absolute Gasteiger partial charge is 0.444 e. The van der Waals surface area contributed by atoms with E-state index in [-0.39, 0.29) is 17.9 Å². The highest BCUT2D eigenvalue weighted by Gasteiger charge is 2.42. The van der Waals surface area contributed by atoms with Crippen LogP contribution in [-0.2, 0) is 14.3 Å². The zero-order valence-electron chi connectivity index (χ0n) is 23.5. The van der Waals surface area contributed by atoms with Crippen LogP contribution in [0.25, 0.3) is 0 Å². The van der Waals surface area contributed by atoms with Crippen molar-refractivity contribution in [3.05, 3.63) is 65.2 Å². The third-order valence-corrected chi connectivity index (χ3v) is 7.31. The standard InChI is InChI=1S/C31H39N3O4S/c1-7-22-14-9-10-17-24(22)27(28(35)32-25-18-11-8-13-21(25)2)34(23-15-12-16-23)29(36)26(19-20-39-6)33-30(37)38-31(3,4)5/h1,8-11,13-14,17-18,23,26-27H,12,15-16,19-20H2,2-6H3,(H,32,35)(H,33,37). The zero-order chi connectivity index (χ0) is 28.6. The molecule has 0 heterocycles. The Morgan fingerprint density at radius 3 is 2.38 bits per heavy atom. The molecule has 0 saturated heterocycles. The molecule has 7 nitrogen and oxygen atoms in total. The minimum atomic E-state index is -0.980. The van der Waals surface area contributed by atoms with Crippen molar-refractivity contribution in [3.8, 4) is 12.3 Å². The fraction of sp³-hybridized carbons (Fsp3) is 0.452. The number of benzene rings is 2. The Morgan fingerprint density at radius 1 is 1.13 bits per heavy atom. The Balaban J connectivity index is 2.06. The number of anilines is 1. The van der Waals surface area contributed by atoms with Gasteiger partial charge in [0.05, 0.1) is 0 Å². The lowest BCUT2D eigenvalue weighted by atomic mass is 9.87. The normalized spacial score (nSPS) is 14.8. The number of carbonyl (C=O) groups excluding carboxylic acids is 3. The summed E-state index contributed by atoms with van der Waals surface area (Å²) in [4.78, 5) is 42.8. The number of nitrogens with zero attached hydrogens (tertiary/aromatic N) is 1. The van der Waals surface area contributed by atoms with E-state index in [9.17, 15) is 14.4 Å². The lowest BCUT2D eigenvalue weighted by Gasteiger charge is -2.44. The van der Waals surface area contributed by atoms with Gasteiger partial charge in [-0.25, -0.2) is 4.79 Å². The molecule has 1 aliphatic rings. The van der Waals surface area contributed by atoms with Crippen molar-refractivity contribution < 1.29 is 19.1 Å². The van der Waals surface area contributed by atoms with Gasteiger partial charge < -0.3 is 20.3 Å². The third-order valence-electron chi connectivity index (χ3n) is 6.66. The monoisotopic (exact) mass is 549 g/mol. The number of ether oxygens (including phenoxy) is 1. The first-order chi connectivity index (χ1) is 18.6. The molecule has 2 aromatic carbocycles. The number of thioether (sulfide) groups is 1. The van der Waals surface area contributed by atoms with Crippen LogP contribution < -0.4 is 10.6 Å². The van der Waals surface area contributed by atoms with Gasteiger partial charge in [0.25, 0.3) is 5.91 Å². The van der Waals surface area contributed by atoms with Crippen LogP contribution in [0.4, 0.5) is 10.5 Å². The molecule has 208 valence electrons. The summed E-state index contributed by atoms with van der Waals surface area (Å²) in [7, 11) is 0. The summed E-state index contributed by atoms with van der Waals surface area (Å²) in [6.45, 7) is 7.23. The number of alkyl carbamates (subject to hydrolysis) is 1. The molecule has 2 atom stereocenters. The van der Waals surface area contributed by atoms with Gasteiger partial charge in [0.1, 0.15) is 17.7 Å². The second-order valence-corrected chi connectivity index (χ2v) is 11.7. The zero-order valence-corrected chi connectivity index (χ0v) is 24.3. The molecule has 3 rings (SSSR count). The van der Waals surface area contributed by atoms with Crippen molar-refractivity contribution in [2.45, 2.75) is 77.1 Å². The molecule has 0 bridgehead atoms. The molecule has 2 aromatic rings. The number of hydrogen-bond donors (Lipinski definition) is 2. The number of aryl methyl sites for hydroxylation is 1. The maximum atomic E-state index is 14.3. The Hall–Kier alpha value is -3.44. The first-order valence-corrected chi connectivity index (χ1v) is 14.7. The highest BCUT2D eigenvalue weighted by atomic mass is 32.2. The van der Waals surface area contributed by atoms with Crippen LogP contribution in [0.1, 0.15) is 69.2 Å². The maximum absolute atomic E-state index is 14.3. The molecule has 0 spiro atoms. The Morgan fingerprint density at radius 2 is 1.79 bits per heavy atom. The second kappa shape index (κ2) is 13.6. The van der Waals surface area contributed by atoms with E-state index in [1.807, 2.05) is 49.6 Å². The van der Waals surface area contributed by atoms with E-state index in [1.54, 1.807) is 49.6 Å². The van der Waals surface area contributed by atoms with Crippen LogP contribution in [0.2, 0.25) is 0 Å². The van der Waals surface area contributed by atoms with Gasteiger partial charge in [-0.05, 0) is 88.6 Å². The van der Waals surface area contributed by atoms with E-state index in [0.717, 1.165) is 24.8 Å². The summed E-state index contributed by atoms with van der Waals surface area (Å²) in [5.41, 5.74) is 1.97. The van der Waals surface area contributed by atoms with E-state index in [2.05, 4.69) is 16.6 Å². The number of carbonyl (C=O) groups is 3. The lowest BCUT2D eigenvalue weighted by Crippen LogP contribution is -2.57. The lowest BCUT2D eigenvalue weighted by molar-refractivity contribution is -0.145. The molecular formula is C31H39N3O4S. The number of hydrogen-bond acceptors (Lipinski definition) is 5. The molecular weight excluding hydrogens is 510 g/mol. The molecule has 3 amide bonds. The average Bonchev–Trinajstić information content (AvgIpc) is 2.85. The van der Waals surface area contributed by atoms with Crippen LogP contribution in [0.15, 0.2) is 48.5 Å². The summed E-state index contributed by atoms with van der Waals surface area (Å²) in [5.74, 6) is 2.65. The van der Waals surface area contributed by atoms with Gasteiger partial charge in [0, 0.05) is 17.3 Å². The van der Waals surface area contributed by atoms with Crippen LogP contribution >= 0.6 is 11.8 Å². The summed E-state index contributed by atoms with van der Waals surface area (Å²) < 4.78 is 5.47. The predicted octanol–water partition coefficient (Wildman–Crippen LogP) is 5.68. The van der Waals surface area contributed by atoms with E-state index in [4.69, 9.17) is 11.2 Å². The maximum Gasteiger partial charge on any atom is 0.408 e. The smallest absolute Gasteiger partial charge is 0.408 e. The summed E-state index contributed by atoms with van der Waals surface area (Å²) in [5, 5.41) is 5.82. The summed E-state index contributed by atoms with van der Waals surface area (Å²) >= 11 is 1.58. The number of para-hydroxylation sites is 1. The number of amides is 3. The highest BCUT2D eigenvalue weighted by molar-refractivity contribution is 7.98. The molecule has 0 radical (unpaired) electrons. The van der Waals surface area contributed by atoms with Gasteiger partial charge in [-0.3, -0.25) is 9.59 Å². The quantitative estimate of drug-likeness (QED) is 0.372. The molecule has 0 aliphatic heterocycles. The highest BCUT2D eigenvalue weighted by Crippen LogP contribution is 2.36. The van der Waals surface area contributed by atoms with Crippen molar-refractivity contribution >= 4 is 35.4 Å². The van der Waals surface area contributed by atoms with E-state index >= 15 is 0 Å². The predicted molar refractivity (Wildman–Crippen MR) is 158 cm³/mol. The van der Waals surface area contributed by atoms with Crippen LogP contribution in [-0.4, -0.2) is 52.5 Å². The number of nitrogens with one attached hydrogen (secondary N) is 2. The van der Waals surface area contributed by atoms with Crippen LogP contribution in [0, 0.1) is 19.3 Å². The average molecular weight is 550 g/mol. The SMILES string of the molecule is C#Cc1ccccc1C(C(=O)Nc1ccccc1C)N(C(=O)C(CCSC)NC(=O)OC(C)(C)C)C1CCC1. The Kier molecular flexibility index (Phi) is 10.5. The Labute approximate surface area is 236 Å². The summed E-state index contributed by atoms with van der Waals surface area (Å²) in [6.07, 6.45) is 10.0. The van der Waals surface area contributed by atoms with Crippen molar-refractivity contribution in [2.24, 2.45) is 0 Å². The van der Waals surface area contributed by atoms with Gasteiger partial charge in [-0.1, -0.05) is 42.3 Å². The van der Waals surface area contributed by atoms with Gasteiger partial charge in [-0.2, -0.15) is 11.8 Å². The minimum absolute atomic E-state index is 0.159. The molecule has 2 unspecified atom stereocenters. The fourth-order valence-corrected chi connectivity index (χ4v) is 4.98. The first kappa shape index (κ1) is 30.1. The number of rotatable bonds is 10. The molecule has 2 N–H and O–H groups in total. The Bertz CT molecular complexity index is 1210. The van der Waals surface area contributed by atoms with Crippen LogP contribution in [0.3, 0.4) is 0 Å². The van der Waals surface area contributed by atoms with E-state index < -0.39 is 23.8 Å². The van der Waals surface area contributed by atoms with Crippen LogP contribution in [0.5, 0.6) is 0 Å². The molecule has 1 saturated carbocycles. The minimum Gasteiger partial charge on any atom is -0.444 e. The van der Waals surface area contributed by atoms with Gasteiger partial charge in [-0.15, -0.1) is 6.42 Å². The van der Waals surface area contributed by atoms with Crippen molar-refractivity contribution in [1.82, 2.24) is 10.2 Å². The van der Waals surface area contributed by atoms with Crippen molar-refractivity contribution in [1.29, 1.82) is 0 Å². The van der Waals surface area contributed by atoms with Crippen molar-refractivity contribution in [2.75, 3.05) is 17.3 Å². The first-order valence-electron chi connectivity index (χ1n) is 13.3. The molecule has 8 heteroatoms. The van der Waals surface area contributed by atoms with Crippen molar-refractivity contribution in [3.63, 3.8) is 0 Å². The second-order valence-electron chi connectivity index (χ2n) is 10.7. The topological polar surface area (TPSA) is 87.7 Å². The molecule has 1 aliphatic carbocycles. The molecule has 39 heavy (non-hydrogen) atoms. The molecule has 0 aromatic heterocycles. The van der Waals surface area contributed by atoms with E-state index in [1.165, 1.54) is 0 Å². The van der Waals surface area contributed by atoms with E-state index in [0.29, 0.717) is 29.0 Å². The third kappa shape index (κ3) is 8.03. The van der Waals surface area contributed by atoms with Gasteiger partial charge in [0.2, 0.25) is 5.91 Å². The molecule has 1 fully saturated rings. The van der Waals surface area contributed by atoms with Gasteiger partial charge in [0.15, 0.2) is 0 Å².